The van der Waals surface area contributed by atoms with Gasteiger partial charge in [-0.1, -0.05) is 84.6 Å². The molecule has 0 aromatic heterocycles. The molecule has 1 fully saturated rings. The Hall–Kier alpha value is -4.15. The fourth-order valence-corrected chi connectivity index (χ4v) is 7.17. The number of nitrogens with one attached hydrogen (secondary N) is 2. The molecule has 0 spiro atoms. The number of fused-ring (bicyclic) bond motifs is 1. The Bertz CT molecular complexity index is 1730. The van der Waals surface area contributed by atoms with Gasteiger partial charge >= 0.3 is 35.2 Å². The van der Waals surface area contributed by atoms with E-state index in [0.29, 0.717) is 16.7 Å². The van der Waals surface area contributed by atoms with E-state index >= 15 is 0 Å². The van der Waals surface area contributed by atoms with Gasteiger partial charge in [0, 0.05) is 23.1 Å². The number of carbonyl (C=O) groups is 5. The largest absolute Gasteiger partial charge is 1.00 e. The van der Waals surface area contributed by atoms with Gasteiger partial charge in [0.15, 0.2) is 12.4 Å². The van der Waals surface area contributed by atoms with Crippen LogP contribution in [0.1, 0.15) is 22.0 Å². The molecule has 3 aromatic carbocycles. The molecule has 5 rings (SSSR count). The normalized spacial score (nSPS) is 17.3. The fraction of sp³-hybridized carbons (Fsp3) is 0.194. The van der Waals surface area contributed by atoms with Crippen LogP contribution in [0.15, 0.2) is 96.2 Å². The van der Waals surface area contributed by atoms with E-state index in [1.807, 2.05) is 0 Å². The van der Waals surface area contributed by atoms with E-state index in [1.54, 1.807) is 60.7 Å². The summed E-state index contributed by atoms with van der Waals surface area (Å²) in [5.41, 5.74) is 0.534. The molecule has 0 radical (unpaired) electrons. The molecule has 2 aliphatic heterocycles. The number of benzene rings is 3. The van der Waals surface area contributed by atoms with E-state index in [2.05, 4.69) is 10.6 Å². The number of hydrogen-bond donors (Lipinski definition) is 2. The Morgan fingerprint density at radius 1 is 1.00 bits per heavy atom. The minimum Gasteiger partial charge on any atom is -0.543 e. The predicted molar refractivity (Wildman–Crippen MR) is 166 cm³/mol. The number of nitro groups is 1. The molecule has 2 aliphatic rings. The van der Waals surface area contributed by atoms with Crippen molar-refractivity contribution >= 4 is 58.0 Å². The number of aliphatic carboxylic acids is 1. The van der Waals surface area contributed by atoms with Crippen LogP contribution in [0.4, 0.5) is 5.69 Å². The zero-order valence-corrected chi connectivity index (χ0v) is 28.5. The molecule has 2 heterocycles. The molecule has 0 aliphatic carbocycles. The molecule has 0 bridgehead atoms. The molecule has 13 nitrogen and oxygen atoms in total. The van der Waals surface area contributed by atoms with Crippen molar-refractivity contribution in [3.63, 3.8) is 0 Å². The maximum absolute atomic E-state index is 13.5. The molecule has 0 saturated carbocycles. The van der Waals surface area contributed by atoms with E-state index in [4.69, 9.17) is 4.74 Å². The Balaban J connectivity index is 0.00000500. The second-order valence-corrected chi connectivity index (χ2v) is 12.1. The smallest absolute Gasteiger partial charge is 0.543 e. The number of nitro benzene ring substituents is 1. The number of thioether (sulfide) groups is 2. The van der Waals surface area contributed by atoms with Gasteiger partial charge in [0.05, 0.1) is 16.6 Å². The topological polar surface area (TPSA) is 188 Å². The van der Waals surface area contributed by atoms with Gasteiger partial charge in [0.25, 0.3) is 11.8 Å². The van der Waals surface area contributed by atoms with Crippen LogP contribution in [0.5, 0.6) is 5.75 Å². The predicted octanol–water partition coefficient (Wildman–Crippen LogP) is -1.19. The number of carboxylic acid groups (broad SMARTS) is 1. The molecule has 236 valence electrons. The first-order valence-corrected chi connectivity index (χ1v) is 15.8. The van der Waals surface area contributed by atoms with Crippen LogP contribution >= 0.6 is 23.5 Å². The molecule has 47 heavy (non-hydrogen) atoms. The summed E-state index contributed by atoms with van der Waals surface area (Å²) in [6.45, 7) is -0.636. The monoisotopic (exact) mass is 684 g/mol. The minimum atomic E-state index is -1.57. The molecule has 1 saturated heterocycles. The van der Waals surface area contributed by atoms with Crippen LogP contribution in [-0.4, -0.2) is 68.2 Å². The zero-order chi connectivity index (χ0) is 32.8. The fourth-order valence-electron chi connectivity index (χ4n) is 4.85. The molecule has 2 N–H and O–H groups in total. The van der Waals surface area contributed by atoms with E-state index < -0.39 is 52.7 Å². The molecule has 3 atom stereocenters. The maximum atomic E-state index is 13.5. The standard InChI is InChI=1S/C31H26N4O9S2.Na/c36-23(15-44-22-14-8-7-13-21(22)35(42)43)32-24(18-9-3-1-4-10-18)27(37)33-25-28(38)34-26(30(39)40)20(16-45-29(25)34)17-46-31(41)19-11-5-2-6-12-19;/h1-14,24-25,29H,15-17H2,(H,32,36)(H,33,37)(H,39,40);/q;+1/p-1/t24-,25?,29-;/m0./s1. The van der Waals surface area contributed by atoms with Gasteiger partial charge in [-0.3, -0.25) is 34.2 Å². The average Bonchev–Trinajstić information content (AvgIpc) is 3.07. The van der Waals surface area contributed by atoms with Crippen LogP contribution in [0.25, 0.3) is 0 Å². The number of carbonyl (C=O) groups excluding carboxylic acids is 5. The summed E-state index contributed by atoms with van der Waals surface area (Å²) >= 11 is 2.15. The Morgan fingerprint density at radius 2 is 1.64 bits per heavy atom. The van der Waals surface area contributed by atoms with Crippen LogP contribution in [0.2, 0.25) is 0 Å². The Kier molecular flexibility index (Phi) is 12.2. The van der Waals surface area contributed by atoms with Crippen molar-refractivity contribution in [2.45, 2.75) is 17.5 Å². The first kappa shape index (κ1) is 35.7. The van der Waals surface area contributed by atoms with Crippen molar-refractivity contribution in [2.24, 2.45) is 0 Å². The number of nitrogens with zero attached hydrogens (tertiary/aromatic N) is 2. The molecule has 16 heteroatoms. The average molecular weight is 685 g/mol. The van der Waals surface area contributed by atoms with Crippen molar-refractivity contribution in [1.29, 1.82) is 0 Å². The summed E-state index contributed by atoms with van der Waals surface area (Å²) in [4.78, 5) is 75.9. The van der Waals surface area contributed by atoms with Crippen molar-refractivity contribution < 1.29 is 68.3 Å². The quantitative estimate of drug-likeness (QED) is 0.101. The molecule has 3 amide bonds. The van der Waals surface area contributed by atoms with Crippen molar-refractivity contribution in [1.82, 2.24) is 15.5 Å². The maximum Gasteiger partial charge on any atom is 1.00 e. The van der Waals surface area contributed by atoms with E-state index in [1.165, 1.54) is 36.0 Å². The van der Waals surface area contributed by atoms with Gasteiger partial charge in [0.2, 0.25) is 11.0 Å². The SMILES string of the molecule is O=C(COc1ccccc1[N+](=O)[O-])N[C@H](C(=O)NC1C(=O)N2C(C(=O)[O-])=C(CSC(=O)c3ccccc3)CS[C@@H]12)c1ccccc1.[Na+]. The summed E-state index contributed by atoms with van der Waals surface area (Å²) in [6.07, 6.45) is 0. The summed E-state index contributed by atoms with van der Waals surface area (Å²) in [5.74, 6) is -3.66. The zero-order valence-electron chi connectivity index (χ0n) is 24.8. The van der Waals surface area contributed by atoms with Gasteiger partial charge in [-0.05, 0) is 17.2 Å². The summed E-state index contributed by atoms with van der Waals surface area (Å²) in [5, 5.41) is 27.5. The van der Waals surface area contributed by atoms with Crippen molar-refractivity contribution in [3.05, 3.63) is 117 Å². The van der Waals surface area contributed by atoms with Gasteiger partial charge in [0.1, 0.15) is 17.5 Å². The number of para-hydroxylation sites is 2. The molecular weight excluding hydrogens is 659 g/mol. The van der Waals surface area contributed by atoms with Crippen LogP contribution in [0.3, 0.4) is 0 Å². The first-order chi connectivity index (χ1) is 22.2. The third-order valence-electron chi connectivity index (χ3n) is 7.05. The van der Waals surface area contributed by atoms with E-state index in [0.717, 1.165) is 16.7 Å². The van der Waals surface area contributed by atoms with Gasteiger partial charge in [-0.2, -0.15) is 0 Å². The van der Waals surface area contributed by atoms with Crippen LogP contribution in [-0.2, 0) is 19.2 Å². The number of ether oxygens (including phenoxy) is 1. The van der Waals surface area contributed by atoms with E-state index in [9.17, 15) is 39.2 Å². The van der Waals surface area contributed by atoms with E-state index in [-0.39, 0.29) is 63.3 Å². The first-order valence-electron chi connectivity index (χ1n) is 13.8. The number of amides is 3. The molecular formula is C31H25N4NaO9S2. The summed E-state index contributed by atoms with van der Waals surface area (Å²) in [6, 6.07) is 19.8. The van der Waals surface area contributed by atoms with Crippen molar-refractivity contribution in [3.8, 4) is 5.75 Å². The summed E-state index contributed by atoms with van der Waals surface area (Å²) in [7, 11) is 0. The van der Waals surface area contributed by atoms with Crippen LogP contribution in [0, 0.1) is 10.1 Å². The number of hydrogen-bond acceptors (Lipinski definition) is 11. The second kappa shape index (κ2) is 16.1. The van der Waals surface area contributed by atoms with Crippen LogP contribution < -0.4 is 50.0 Å². The number of rotatable bonds is 12. The third-order valence-corrected chi connectivity index (χ3v) is 9.38. The second-order valence-electron chi connectivity index (χ2n) is 10.0. The molecule has 3 aromatic rings. The van der Waals surface area contributed by atoms with Gasteiger partial charge in [-0.15, -0.1) is 11.8 Å². The Morgan fingerprint density at radius 3 is 2.30 bits per heavy atom. The van der Waals surface area contributed by atoms with Gasteiger partial charge in [-0.25, -0.2) is 0 Å². The summed E-state index contributed by atoms with van der Waals surface area (Å²) < 4.78 is 5.34. The molecule has 1 unspecified atom stereocenters. The third kappa shape index (κ3) is 8.23. The Labute approximate surface area is 298 Å². The van der Waals surface area contributed by atoms with Crippen molar-refractivity contribution in [2.75, 3.05) is 18.1 Å². The minimum absolute atomic E-state index is 0. The number of carboxylic acids is 1. The van der Waals surface area contributed by atoms with Gasteiger partial charge < -0.3 is 25.3 Å². The number of β-lactam (4-membered cyclic amide) rings is 1.